The lowest BCUT2D eigenvalue weighted by Gasteiger charge is -2.02. The van der Waals surface area contributed by atoms with Crippen LogP contribution in [-0.4, -0.2) is 22.6 Å². The fourth-order valence-corrected chi connectivity index (χ4v) is 1.41. The number of amides is 1. The molecule has 0 aliphatic rings. The normalized spacial score (nSPS) is 9.53. The molecule has 0 bridgehead atoms. The molecule has 2 aromatic heterocycles. The molecule has 0 aliphatic carbocycles. The Morgan fingerprint density at radius 3 is 2.95 bits per heavy atom. The Labute approximate surface area is 110 Å². The summed E-state index contributed by atoms with van der Waals surface area (Å²) in [6.07, 6.45) is 3.04. The Morgan fingerprint density at radius 1 is 1.42 bits per heavy atom. The van der Waals surface area contributed by atoms with Crippen molar-refractivity contribution in [1.82, 2.24) is 10.3 Å². The van der Waals surface area contributed by atoms with E-state index in [2.05, 4.69) is 22.1 Å². The molecule has 96 valence electrons. The van der Waals surface area contributed by atoms with Crippen molar-refractivity contribution in [3.05, 3.63) is 53.7 Å². The van der Waals surface area contributed by atoms with Crippen molar-refractivity contribution in [2.45, 2.75) is 6.54 Å². The van der Waals surface area contributed by atoms with E-state index in [9.17, 15) is 4.79 Å². The first-order valence-electron chi connectivity index (χ1n) is 5.66. The van der Waals surface area contributed by atoms with Crippen LogP contribution < -0.4 is 5.32 Å². The van der Waals surface area contributed by atoms with Crippen LogP contribution in [-0.2, 0) is 6.54 Å². The first-order chi connectivity index (χ1) is 9.29. The van der Waals surface area contributed by atoms with Crippen LogP contribution in [0, 0.1) is 11.8 Å². The largest absolute Gasteiger partial charge is 0.467 e. The highest BCUT2D eigenvalue weighted by Gasteiger charge is 2.07. The molecular weight excluding hydrogens is 244 g/mol. The Morgan fingerprint density at radius 2 is 2.32 bits per heavy atom. The second-order valence-electron chi connectivity index (χ2n) is 3.65. The Hall–Kier alpha value is -2.58. The maximum Gasteiger partial charge on any atom is 0.270 e. The summed E-state index contributed by atoms with van der Waals surface area (Å²) in [6.45, 7) is 0.116. The summed E-state index contributed by atoms with van der Waals surface area (Å²) >= 11 is 0. The van der Waals surface area contributed by atoms with Gasteiger partial charge in [0.15, 0.2) is 0 Å². The number of pyridine rings is 1. The Bertz CT molecular complexity index is 592. The maximum atomic E-state index is 11.8. The average Bonchev–Trinajstić information content (AvgIpc) is 2.96. The van der Waals surface area contributed by atoms with Crippen LogP contribution >= 0.6 is 0 Å². The van der Waals surface area contributed by atoms with E-state index in [4.69, 9.17) is 9.52 Å². The van der Waals surface area contributed by atoms with Gasteiger partial charge in [0.2, 0.25) is 0 Å². The van der Waals surface area contributed by atoms with Gasteiger partial charge in [-0.15, -0.1) is 0 Å². The number of hydrogen-bond donors (Lipinski definition) is 2. The van der Waals surface area contributed by atoms with Gasteiger partial charge in [0.05, 0.1) is 12.8 Å². The lowest BCUT2D eigenvalue weighted by molar-refractivity contribution is 0.0943. The molecule has 0 aromatic carbocycles. The number of carbonyl (C=O) groups excluding carboxylic acids is 1. The van der Waals surface area contributed by atoms with Crippen LogP contribution in [0.1, 0.15) is 21.8 Å². The van der Waals surface area contributed by atoms with Gasteiger partial charge in [-0.25, -0.2) is 4.98 Å². The standard InChI is InChI=1S/C14H12N2O3/c17-7-1-3-11-5-6-13(15-9-11)14(18)16-10-12-4-2-8-19-12/h2,4-6,8-9,17H,7,10H2,(H,16,18). The zero-order chi connectivity index (χ0) is 13.5. The van der Waals surface area contributed by atoms with Crippen molar-refractivity contribution < 1.29 is 14.3 Å². The van der Waals surface area contributed by atoms with Crippen molar-refractivity contribution in [2.24, 2.45) is 0 Å². The van der Waals surface area contributed by atoms with E-state index in [1.54, 1.807) is 30.5 Å². The lowest BCUT2D eigenvalue weighted by Crippen LogP contribution is -2.23. The first-order valence-corrected chi connectivity index (χ1v) is 5.66. The number of carbonyl (C=O) groups is 1. The molecule has 0 aliphatic heterocycles. The molecular formula is C14H12N2O3. The minimum atomic E-state index is -0.280. The fraction of sp³-hybridized carbons (Fsp3) is 0.143. The van der Waals surface area contributed by atoms with Gasteiger partial charge in [0.25, 0.3) is 5.91 Å². The average molecular weight is 256 g/mol. The fourth-order valence-electron chi connectivity index (χ4n) is 1.41. The molecule has 0 saturated carbocycles. The Balaban J connectivity index is 1.95. The maximum absolute atomic E-state index is 11.8. The van der Waals surface area contributed by atoms with Crippen LogP contribution in [0.2, 0.25) is 0 Å². The summed E-state index contributed by atoms with van der Waals surface area (Å²) in [6, 6.07) is 6.80. The van der Waals surface area contributed by atoms with Gasteiger partial charge in [-0.05, 0) is 24.3 Å². The SMILES string of the molecule is O=C(NCc1ccco1)c1ccc(C#CCO)cn1. The van der Waals surface area contributed by atoms with E-state index in [1.807, 2.05) is 0 Å². The number of nitrogens with zero attached hydrogens (tertiary/aromatic N) is 1. The summed E-state index contributed by atoms with van der Waals surface area (Å²) < 4.78 is 5.11. The predicted molar refractivity (Wildman–Crippen MR) is 68.1 cm³/mol. The highest BCUT2D eigenvalue weighted by atomic mass is 16.3. The molecule has 5 heteroatoms. The van der Waals surface area contributed by atoms with Gasteiger partial charge in [-0.1, -0.05) is 11.8 Å². The molecule has 0 radical (unpaired) electrons. The molecule has 2 N–H and O–H groups in total. The molecule has 0 fully saturated rings. The number of aliphatic hydroxyl groups excluding tert-OH is 1. The van der Waals surface area contributed by atoms with E-state index in [0.717, 1.165) is 0 Å². The molecule has 5 nitrogen and oxygen atoms in total. The molecule has 2 aromatic rings. The minimum absolute atomic E-state index is 0.203. The van der Waals surface area contributed by atoms with Crippen molar-refractivity contribution >= 4 is 5.91 Å². The van der Waals surface area contributed by atoms with E-state index in [-0.39, 0.29) is 12.5 Å². The van der Waals surface area contributed by atoms with Gasteiger partial charge < -0.3 is 14.8 Å². The van der Waals surface area contributed by atoms with Crippen LogP contribution in [0.4, 0.5) is 0 Å². The smallest absolute Gasteiger partial charge is 0.270 e. The number of rotatable bonds is 3. The number of aliphatic hydroxyl groups is 1. The van der Waals surface area contributed by atoms with Crippen LogP contribution in [0.25, 0.3) is 0 Å². The van der Waals surface area contributed by atoms with Crippen LogP contribution in [0.3, 0.4) is 0 Å². The van der Waals surface area contributed by atoms with Crippen molar-refractivity contribution in [2.75, 3.05) is 6.61 Å². The second-order valence-corrected chi connectivity index (χ2v) is 3.65. The molecule has 0 spiro atoms. The van der Waals surface area contributed by atoms with Gasteiger partial charge in [0, 0.05) is 11.8 Å². The molecule has 19 heavy (non-hydrogen) atoms. The highest BCUT2D eigenvalue weighted by Crippen LogP contribution is 2.02. The van der Waals surface area contributed by atoms with Crippen LogP contribution in [0.15, 0.2) is 41.1 Å². The summed E-state index contributed by atoms with van der Waals surface area (Å²) in [5.41, 5.74) is 0.956. The topological polar surface area (TPSA) is 75.4 Å². The highest BCUT2D eigenvalue weighted by molar-refractivity contribution is 5.92. The Kier molecular flexibility index (Phi) is 4.32. The number of hydrogen-bond acceptors (Lipinski definition) is 4. The van der Waals surface area contributed by atoms with Crippen molar-refractivity contribution in [3.63, 3.8) is 0 Å². The van der Waals surface area contributed by atoms with Gasteiger partial charge in [-0.3, -0.25) is 4.79 Å². The van der Waals surface area contributed by atoms with Crippen LogP contribution in [0.5, 0.6) is 0 Å². The monoisotopic (exact) mass is 256 g/mol. The third kappa shape index (κ3) is 3.69. The first kappa shape index (κ1) is 12.9. The third-order valence-electron chi connectivity index (χ3n) is 2.31. The van der Waals surface area contributed by atoms with E-state index >= 15 is 0 Å². The molecule has 0 atom stereocenters. The number of aromatic nitrogens is 1. The minimum Gasteiger partial charge on any atom is -0.467 e. The zero-order valence-corrected chi connectivity index (χ0v) is 10.1. The lowest BCUT2D eigenvalue weighted by atomic mass is 10.2. The summed E-state index contributed by atoms with van der Waals surface area (Å²) in [5, 5.41) is 11.3. The van der Waals surface area contributed by atoms with Crippen molar-refractivity contribution in [3.8, 4) is 11.8 Å². The summed E-state index contributed by atoms with van der Waals surface area (Å²) in [7, 11) is 0. The molecule has 1 amide bonds. The summed E-state index contributed by atoms with van der Waals surface area (Å²) in [4.78, 5) is 15.8. The quantitative estimate of drug-likeness (QED) is 0.802. The molecule has 2 rings (SSSR count). The van der Waals surface area contributed by atoms with E-state index in [1.165, 1.54) is 6.20 Å². The van der Waals surface area contributed by atoms with E-state index in [0.29, 0.717) is 23.6 Å². The predicted octanol–water partition coefficient (Wildman–Crippen LogP) is 0.948. The zero-order valence-electron chi connectivity index (χ0n) is 10.1. The molecule has 0 unspecified atom stereocenters. The third-order valence-corrected chi connectivity index (χ3v) is 2.31. The van der Waals surface area contributed by atoms with Gasteiger partial charge >= 0.3 is 0 Å². The summed E-state index contributed by atoms with van der Waals surface area (Å²) in [5.74, 6) is 5.62. The van der Waals surface area contributed by atoms with Gasteiger partial charge in [-0.2, -0.15) is 0 Å². The number of nitrogens with one attached hydrogen (secondary N) is 1. The van der Waals surface area contributed by atoms with Gasteiger partial charge in [0.1, 0.15) is 18.1 Å². The molecule has 0 saturated heterocycles. The molecule has 2 heterocycles. The van der Waals surface area contributed by atoms with Crippen molar-refractivity contribution in [1.29, 1.82) is 0 Å². The second kappa shape index (κ2) is 6.38. The van der Waals surface area contributed by atoms with E-state index < -0.39 is 0 Å². The number of furan rings is 1.